The van der Waals surface area contributed by atoms with Crippen LogP contribution in [0.15, 0.2) is 18.2 Å². The SMILES string of the molecule is Cc1ccc(CN2C(C)CCCC2CN)cc1C. The summed E-state index contributed by atoms with van der Waals surface area (Å²) in [6.45, 7) is 8.53. The van der Waals surface area contributed by atoms with Crippen LogP contribution in [0.3, 0.4) is 0 Å². The molecule has 1 aromatic carbocycles. The van der Waals surface area contributed by atoms with Crippen molar-refractivity contribution in [2.45, 2.75) is 58.7 Å². The quantitative estimate of drug-likeness (QED) is 0.888. The van der Waals surface area contributed by atoms with Gasteiger partial charge in [-0.1, -0.05) is 24.6 Å². The van der Waals surface area contributed by atoms with Crippen LogP contribution in [0, 0.1) is 13.8 Å². The van der Waals surface area contributed by atoms with E-state index < -0.39 is 0 Å². The van der Waals surface area contributed by atoms with E-state index in [0.717, 1.165) is 13.1 Å². The van der Waals surface area contributed by atoms with Crippen LogP contribution in [0.25, 0.3) is 0 Å². The lowest BCUT2D eigenvalue weighted by Crippen LogP contribution is -2.48. The summed E-state index contributed by atoms with van der Waals surface area (Å²) in [7, 11) is 0. The summed E-state index contributed by atoms with van der Waals surface area (Å²) in [6.07, 6.45) is 3.89. The molecule has 1 aliphatic heterocycles. The Morgan fingerprint density at radius 1 is 1.22 bits per heavy atom. The van der Waals surface area contributed by atoms with E-state index in [2.05, 4.69) is 43.9 Å². The molecule has 0 aromatic heterocycles. The van der Waals surface area contributed by atoms with Crippen LogP contribution in [0.2, 0.25) is 0 Å². The maximum absolute atomic E-state index is 5.92. The first-order valence-electron chi connectivity index (χ1n) is 7.13. The van der Waals surface area contributed by atoms with Crippen LogP contribution in [0.4, 0.5) is 0 Å². The second-order valence-electron chi connectivity index (χ2n) is 5.76. The number of hydrogen-bond acceptors (Lipinski definition) is 2. The summed E-state index contributed by atoms with van der Waals surface area (Å²) in [5.41, 5.74) is 10.1. The molecular formula is C16H26N2. The second kappa shape index (κ2) is 5.85. The van der Waals surface area contributed by atoms with Crippen molar-refractivity contribution in [2.75, 3.05) is 6.54 Å². The Bertz CT molecular complexity index is 400. The molecule has 18 heavy (non-hydrogen) atoms. The van der Waals surface area contributed by atoms with Gasteiger partial charge in [-0.2, -0.15) is 0 Å². The zero-order valence-corrected chi connectivity index (χ0v) is 11.9. The molecule has 1 saturated heterocycles. The van der Waals surface area contributed by atoms with Crippen molar-refractivity contribution in [2.24, 2.45) is 5.73 Å². The predicted octanol–water partition coefficient (Wildman–Crippen LogP) is 3.01. The van der Waals surface area contributed by atoms with E-state index in [1.165, 1.54) is 36.0 Å². The van der Waals surface area contributed by atoms with Crippen molar-refractivity contribution in [3.05, 3.63) is 34.9 Å². The Hall–Kier alpha value is -0.860. The van der Waals surface area contributed by atoms with Crippen LogP contribution in [-0.4, -0.2) is 23.5 Å². The minimum absolute atomic E-state index is 0.565. The highest BCUT2D eigenvalue weighted by Gasteiger charge is 2.26. The van der Waals surface area contributed by atoms with Crippen molar-refractivity contribution in [1.29, 1.82) is 0 Å². The van der Waals surface area contributed by atoms with Gasteiger partial charge in [-0.05, 0) is 50.3 Å². The third-order valence-electron chi connectivity index (χ3n) is 4.40. The summed E-state index contributed by atoms with van der Waals surface area (Å²) in [5.74, 6) is 0. The van der Waals surface area contributed by atoms with E-state index in [0.29, 0.717) is 12.1 Å². The highest BCUT2D eigenvalue weighted by atomic mass is 15.2. The number of nitrogens with zero attached hydrogens (tertiary/aromatic N) is 1. The van der Waals surface area contributed by atoms with Gasteiger partial charge in [0, 0.05) is 25.2 Å². The molecule has 1 aromatic rings. The molecule has 0 bridgehead atoms. The first kappa shape index (κ1) is 13.6. The fourth-order valence-electron chi connectivity index (χ4n) is 2.99. The maximum atomic E-state index is 5.92. The molecule has 2 N–H and O–H groups in total. The van der Waals surface area contributed by atoms with E-state index in [-0.39, 0.29) is 0 Å². The number of nitrogens with two attached hydrogens (primary N) is 1. The van der Waals surface area contributed by atoms with Crippen molar-refractivity contribution in [3.63, 3.8) is 0 Å². The van der Waals surface area contributed by atoms with Crippen molar-refractivity contribution < 1.29 is 0 Å². The molecule has 2 atom stereocenters. The largest absolute Gasteiger partial charge is 0.329 e. The first-order valence-corrected chi connectivity index (χ1v) is 7.13. The second-order valence-corrected chi connectivity index (χ2v) is 5.76. The minimum atomic E-state index is 0.565. The number of piperidine rings is 1. The number of likely N-dealkylation sites (tertiary alicyclic amines) is 1. The Labute approximate surface area is 111 Å². The lowest BCUT2D eigenvalue weighted by Gasteiger charge is -2.40. The Kier molecular flexibility index (Phi) is 4.41. The molecule has 2 unspecified atom stereocenters. The normalized spacial score (nSPS) is 25.3. The average molecular weight is 246 g/mol. The number of aryl methyl sites for hydroxylation is 2. The lowest BCUT2D eigenvalue weighted by atomic mass is 9.95. The molecule has 0 saturated carbocycles. The van der Waals surface area contributed by atoms with Gasteiger partial charge in [0.15, 0.2) is 0 Å². The Balaban J connectivity index is 2.12. The molecule has 2 rings (SSSR count). The van der Waals surface area contributed by atoms with Gasteiger partial charge in [-0.3, -0.25) is 4.90 Å². The van der Waals surface area contributed by atoms with E-state index in [9.17, 15) is 0 Å². The van der Waals surface area contributed by atoms with E-state index in [1.807, 2.05) is 0 Å². The van der Waals surface area contributed by atoms with E-state index >= 15 is 0 Å². The molecule has 0 aliphatic carbocycles. The van der Waals surface area contributed by atoms with Crippen molar-refractivity contribution >= 4 is 0 Å². The summed E-state index contributed by atoms with van der Waals surface area (Å²) in [4.78, 5) is 2.59. The Morgan fingerprint density at radius 3 is 2.67 bits per heavy atom. The lowest BCUT2D eigenvalue weighted by molar-refractivity contribution is 0.0892. The molecule has 1 fully saturated rings. The summed E-state index contributed by atoms with van der Waals surface area (Å²) >= 11 is 0. The van der Waals surface area contributed by atoms with Gasteiger partial charge in [0.2, 0.25) is 0 Å². The molecule has 0 spiro atoms. The highest BCUT2D eigenvalue weighted by molar-refractivity contribution is 5.30. The smallest absolute Gasteiger partial charge is 0.0240 e. The molecule has 2 heteroatoms. The van der Waals surface area contributed by atoms with Gasteiger partial charge < -0.3 is 5.73 Å². The van der Waals surface area contributed by atoms with Gasteiger partial charge in [0.25, 0.3) is 0 Å². The van der Waals surface area contributed by atoms with Crippen LogP contribution in [-0.2, 0) is 6.54 Å². The summed E-state index contributed by atoms with van der Waals surface area (Å²) in [6, 6.07) is 8.04. The molecule has 1 aliphatic rings. The molecule has 2 nitrogen and oxygen atoms in total. The van der Waals surface area contributed by atoms with Crippen molar-refractivity contribution in [3.8, 4) is 0 Å². The average Bonchev–Trinajstić information content (AvgIpc) is 2.36. The van der Waals surface area contributed by atoms with Gasteiger partial charge in [-0.25, -0.2) is 0 Å². The molecule has 100 valence electrons. The summed E-state index contributed by atoms with van der Waals surface area (Å²) in [5, 5.41) is 0. The van der Waals surface area contributed by atoms with Crippen molar-refractivity contribution in [1.82, 2.24) is 4.90 Å². The van der Waals surface area contributed by atoms with Crippen LogP contribution in [0.5, 0.6) is 0 Å². The standard InChI is InChI=1S/C16H26N2/c1-12-7-8-15(9-13(12)2)11-18-14(3)5-4-6-16(18)10-17/h7-9,14,16H,4-6,10-11,17H2,1-3H3. The summed E-state index contributed by atoms with van der Waals surface area (Å²) < 4.78 is 0. The fraction of sp³-hybridized carbons (Fsp3) is 0.625. The minimum Gasteiger partial charge on any atom is -0.329 e. The van der Waals surface area contributed by atoms with Gasteiger partial charge >= 0.3 is 0 Å². The molecule has 0 radical (unpaired) electrons. The number of rotatable bonds is 3. The third kappa shape index (κ3) is 2.93. The van der Waals surface area contributed by atoms with Crippen LogP contribution < -0.4 is 5.73 Å². The zero-order chi connectivity index (χ0) is 13.1. The maximum Gasteiger partial charge on any atom is 0.0240 e. The predicted molar refractivity (Wildman–Crippen MR) is 77.6 cm³/mol. The molecule has 0 amide bonds. The van der Waals surface area contributed by atoms with E-state index in [1.54, 1.807) is 0 Å². The Morgan fingerprint density at radius 2 is 2.00 bits per heavy atom. The van der Waals surface area contributed by atoms with E-state index in [4.69, 9.17) is 5.73 Å². The molecular weight excluding hydrogens is 220 g/mol. The highest BCUT2D eigenvalue weighted by Crippen LogP contribution is 2.24. The molecule has 1 heterocycles. The van der Waals surface area contributed by atoms with Gasteiger partial charge in [0.1, 0.15) is 0 Å². The third-order valence-corrected chi connectivity index (χ3v) is 4.40. The van der Waals surface area contributed by atoms with Crippen LogP contribution >= 0.6 is 0 Å². The van der Waals surface area contributed by atoms with Gasteiger partial charge in [0.05, 0.1) is 0 Å². The zero-order valence-electron chi connectivity index (χ0n) is 11.9. The monoisotopic (exact) mass is 246 g/mol. The first-order chi connectivity index (χ1) is 8.61. The van der Waals surface area contributed by atoms with Gasteiger partial charge in [-0.15, -0.1) is 0 Å². The number of hydrogen-bond donors (Lipinski definition) is 1. The topological polar surface area (TPSA) is 29.3 Å². The van der Waals surface area contributed by atoms with Crippen LogP contribution in [0.1, 0.15) is 42.9 Å². The number of benzene rings is 1. The fourth-order valence-corrected chi connectivity index (χ4v) is 2.99.